The molecule has 1 aliphatic heterocycles. The molecule has 1 saturated heterocycles. The van der Waals surface area contributed by atoms with Crippen molar-refractivity contribution < 1.29 is 44.9 Å². The number of halogens is 1. The third kappa shape index (κ3) is 14.2. The lowest BCUT2D eigenvalue weighted by Gasteiger charge is -2.40. The third-order valence-electron chi connectivity index (χ3n) is 8.07. The van der Waals surface area contributed by atoms with E-state index < -0.39 is 61.5 Å². The summed E-state index contributed by atoms with van der Waals surface area (Å²) in [5.41, 5.74) is 0.751. The summed E-state index contributed by atoms with van der Waals surface area (Å²) < 4.78 is 11.9. The third-order valence-corrected chi connectivity index (χ3v) is 8.60. The predicted molar refractivity (Wildman–Crippen MR) is 167 cm³/mol. The van der Waals surface area contributed by atoms with Gasteiger partial charge in [-0.25, -0.2) is 0 Å². The van der Waals surface area contributed by atoms with Gasteiger partial charge in [0.25, 0.3) is 0 Å². The molecule has 1 fully saturated rings. The molecule has 0 aliphatic carbocycles. The number of carbonyl (C=O) groups is 1. The second-order valence-corrected chi connectivity index (χ2v) is 12.7. The number of benzene rings is 1. The maximum Gasteiger partial charge on any atom is 0.224 e. The number of carbonyl (C=O) groups excluding carboxylic acids is 1. The van der Waals surface area contributed by atoms with Crippen LogP contribution in [0.3, 0.4) is 0 Å². The first kappa shape index (κ1) is 38.0. The Balaban J connectivity index is 1.85. The number of ether oxygens (including phenoxy) is 2. The van der Waals surface area contributed by atoms with E-state index in [-0.39, 0.29) is 13.0 Å². The van der Waals surface area contributed by atoms with Gasteiger partial charge in [0.15, 0.2) is 6.29 Å². The molecular weight excluding hydrogens is 622 g/mol. The van der Waals surface area contributed by atoms with Crippen molar-refractivity contribution in [1.82, 2.24) is 5.32 Å². The Morgan fingerprint density at radius 1 is 0.884 bits per heavy atom. The van der Waals surface area contributed by atoms with E-state index in [4.69, 9.17) is 9.47 Å². The molecule has 1 aliphatic rings. The minimum absolute atomic E-state index is 0.0331. The van der Waals surface area contributed by atoms with Crippen LogP contribution in [0.4, 0.5) is 0 Å². The van der Waals surface area contributed by atoms with Gasteiger partial charge < -0.3 is 45.4 Å². The van der Waals surface area contributed by atoms with E-state index in [2.05, 4.69) is 28.2 Å². The molecule has 0 saturated carbocycles. The van der Waals surface area contributed by atoms with E-state index in [1.165, 1.54) is 51.4 Å². The molecule has 0 spiro atoms. The molecular formula is C32H54BrNO9. The molecule has 1 amide bonds. The minimum Gasteiger partial charge on any atom is -0.394 e. The van der Waals surface area contributed by atoms with Crippen molar-refractivity contribution in [1.29, 1.82) is 0 Å². The summed E-state index contributed by atoms with van der Waals surface area (Å²) >= 11 is 3.36. The Labute approximate surface area is 264 Å². The van der Waals surface area contributed by atoms with Gasteiger partial charge in [0, 0.05) is 4.47 Å². The van der Waals surface area contributed by atoms with Crippen LogP contribution in [0.15, 0.2) is 28.7 Å². The quantitative estimate of drug-likeness (QED) is 0.0913. The molecule has 8 atom stereocenters. The van der Waals surface area contributed by atoms with Crippen LogP contribution in [0.5, 0.6) is 0 Å². The van der Waals surface area contributed by atoms with E-state index in [0.29, 0.717) is 6.42 Å². The van der Waals surface area contributed by atoms with Gasteiger partial charge in [-0.1, -0.05) is 112 Å². The van der Waals surface area contributed by atoms with Crippen molar-refractivity contribution in [2.45, 2.75) is 146 Å². The van der Waals surface area contributed by atoms with Gasteiger partial charge in [-0.2, -0.15) is 0 Å². The lowest BCUT2D eigenvalue weighted by Crippen LogP contribution is -2.60. The molecule has 11 heteroatoms. The number of aliphatic hydroxyl groups excluding tert-OH is 6. The molecule has 2 unspecified atom stereocenters. The van der Waals surface area contributed by atoms with Crippen molar-refractivity contribution in [2.24, 2.45) is 0 Å². The standard InChI is InChI=1S/C32H54BrNO9/c1-2-3-4-5-6-7-8-9-10-11-12-13-14-25(36)28(38)24(34-27(37)19-22-15-17-23(33)18-16-22)21-42-32-31(41)30(40)29(39)26(20-35)43-32/h15-18,24-26,28-32,35-36,38-41H,2-14,19-21H2,1H3,(H,34,37)/t24-,25+,26?,28-,29-,30-,31?,32-/m0/s1. The smallest absolute Gasteiger partial charge is 0.224 e. The molecule has 0 aromatic heterocycles. The number of aliphatic hydroxyl groups is 6. The molecule has 1 aromatic carbocycles. The van der Waals surface area contributed by atoms with Gasteiger partial charge in [-0.15, -0.1) is 0 Å². The summed E-state index contributed by atoms with van der Waals surface area (Å²) in [6, 6.07) is 6.16. The van der Waals surface area contributed by atoms with Crippen molar-refractivity contribution in [3.63, 3.8) is 0 Å². The number of rotatable bonds is 22. The van der Waals surface area contributed by atoms with Crippen LogP contribution < -0.4 is 5.32 Å². The minimum atomic E-state index is -1.62. The maximum absolute atomic E-state index is 12.9. The van der Waals surface area contributed by atoms with Crippen LogP contribution in [0, 0.1) is 0 Å². The number of unbranched alkanes of at least 4 members (excludes halogenated alkanes) is 11. The maximum atomic E-state index is 12.9. The van der Waals surface area contributed by atoms with E-state index in [1.807, 2.05) is 12.1 Å². The van der Waals surface area contributed by atoms with E-state index in [0.717, 1.165) is 35.7 Å². The average Bonchev–Trinajstić information content (AvgIpc) is 3.00. The van der Waals surface area contributed by atoms with Crippen molar-refractivity contribution >= 4 is 21.8 Å². The van der Waals surface area contributed by atoms with Gasteiger partial charge in [0.2, 0.25) is 5.91 Å². The summed E-state index contributed by atoms with van der Waals surface area (Å²) in [6.07, 6.45) is 4.69. The van der Waals surface area contributed by atoms with Crippen LogP contribution >= 0.6 is 15.9 Å². The highest BCUT2D eigenvalue weighted by molar-refractivity contribution is 9.10. The zero-order valence-corrected chi connectivity index (χ0v) is 27.1. The van der Waals surface area contributed by atoms with E-state index >= 15 is 0 Å². The number of hydrogen-bond acceptors (Lipinski definition) is 9. The van der Waals surface area contributed by atoms with Crippen LogP contribution in [-0.2, 0) is 20.7 Å². The molecule has 1 heterocycles. The fourth-order valence-corrected chi connectivity index (χ4v) is 5.57. The number of amides is 1. The summed E-state index contributed by atoms with van der Waals surface area (Å²) in [7, 11) is 0. The van der Waals surface area contributed by atoms with Gasteiger partial charge >= 0.3 is 0 Å². The summed E-state index contributed by atoms with van der Waals surface area (Å²) in [5, 5.41) is 64.4. The molecule has 0 bridgehead atoms. The Bertz CT molecular complexity index is 875. The monoisotopic (exact) mass is 675 g/mol. The van der Waals surface area contributed by atoms with Gasteiger partial charge in [0.05, 0.1) is 31.8 Å². The second-order valence-electron chi connectivity index (χ2n) is 11.7. The Kier molecular flexibility index (Phi) is 19.1. The van der Waals surface area contributed by atoms with Crippen molar-refractivity contribution in [3.05, 3.63) is 34.3 Å². The highest BCUT2D eigenvalue weighted by Gasteiger charge is 2.44. The predicted octanol–water partition coefficient (Wildman–Crippen LogP) is 3.11. The summed E-state index contributed by atoms with van der Waals surface area (Å²) in [5.74, 6) is -0.402. The molecule has 2 rings (SSSR count). The Morgan fingerprint density at radius 2 is 1.44 bits per heavy atom. The molecule has 0 radical (unpaired) electrons. The largest absolute Gasteiger partial charge is 0.394 e. The van der Waals surface area contributed by atoms with Gasteiger partial charge in [-0.3, -0.25) is 4.79 Å². The van der Waals surface area contributed by atoms with Crippen molar-refractivity contribution in [3.8, 4) is 0 Å². The van der Waals surface area contributed by atoms with Crippen LogP contribution in [0.25, 0.3) is 0 Å². The first-order valence-electron chi connectivity index (χ1n) is 16.0. The van der Waals surface area contributed by atoms with Crippen molar-refractivity contribution in [2.75, 3.05) is 13.2 Å². The summed E-state index contributed by atoms with van der Waals surface area (Å²) in [4.78, 5) is 12.9. The van der Waals surface area contributed by atoms with E-state index in [1.54, 1.807) is 12.1 Å². The molecule has 248 valence electrons. The normalized spacial score (nSPS) is 24.4. The Hall–Kier alpha value is -1.15. The molecule has 10 nitrogen and oxygen atoms in total. The molecule has 7 N–H and O–H groups in total. The summed E-state index contributed by atoms with van der Waals surface area (Å²) in [6.45, 7) is 1.26. The Morgan fingerprint density at radius 3 is 2.00 bits per heavy atom. The van der Waals surface area contributed by atoms with Gasteiger partial charge in [0.1, 0.15) is 30.5 Å². The number of nitrogens with one attached hydrogen (secondary N) is 1. The topological polar surface area (TPSA) is 169 Å². The number of hydrogen-bond donors (Lipinski definition) is 7. The highest BCUT2D eigenvalue weighted by Crippen LogP contribution is 2.23. The van der Waals surface area contributed by atoms with E-state index in [9.17, 15) is 35.4 Å². The SMILES string of the molecule is CCCCCCCCCCCCCC[C@@H](O)[C@@H](O)[C@H](CO[C@H]1OC(CO)[C@H](O)[C@H](O)C1O)NC(=O)Cc1ccc(Br)cc1. The van der Waals surface area contributed by atoms with Gasteiger partial charge in [-0.05, 0) is 24.1 Å². The fourth-order valence-electron chi connectivity index (χ4n) is 5.31. The zero-order chi connectivity index (χ0) is 31.6. The first-order chi connectivity index (χ1) is 20.7. The van der Waals surface area contributed by atoms with Crippen LogP contribution in [-0.4, -0.2) is 98.7 Å². The molecule has 1 aromatic rings. The first-order valence-corrected chi connectivity index (χ1v) is 16.8. The zero-order valence-electron chi connectivity index (χ0n) is 25.5. The van der Waals surface area contributed by atoms with Crippen LogP contribution in [0.1, 0.15) is 96.0 Å². The second kappa shape index (κ2) is 21.6. The lowest BCUT2D eigenvalue weighted by atomic mass is 9.98. The highest BCUT2D eigenvalue weighted by atomic mass is 79.9. The molecule has 43 heavy (non-hydrogen) atoms. The fraction of sp³-hybridized carbons (Fsp3) is 0.781. The van der Waals surface area contributed by atoms with Crippen LogP contribution in [0.2, 0.25) is 0 Å². The lowest BCUT2D eigenvalue weighted by molar-refractivity contribution is -0.303. The average molecular weight is 677 g/mol.